The number of thioether (sulfide) groups is 1. The van der Waals surface area contributed by atoms with E-state index in [4.69, 9.17) is 5.84 Å². The third-order valence-electron chi connectivity index (χ3n) is 2.27. The summed E-state index contributed by atoms with van der Waals surface area (Å²) in [5.41, 5.74) is 2.10. The average Bonchev–Trinajstić information content (AvgIpc) is 2.63. The summed E-state index contributed by atoms with van der Waals surface area (Å²) >= 11 is 1.66. The fourth-order valence-corrected chi connectivity index (χ4v) is 2.44. The number of hydrogen-bond donors (Lipinski definition) is 3. The lowest BCUT2D eigenvalue weighted by atomic mass is 10.1. The van der Waals surface area contributed by atoms with E-state index in [1.54, 1.807) is 11.8 Å². The van der Waals surface area contributed by atoms with E-state index >= 15 is 0 Å². The van der Waals surface area contributed by atoms with Crippen LogP contribution in [0.4, 0.5) is 0 Å². The largest absolute Gasteiger partial charge is 0.344 e. The quantitative estimate of drug-likeness (QED) is 0.262. The standard InChI is InChI=1S/C9H17N3O2S/c10-12-7(13)4-2-1-3-5-9-11-8(14)6-15-9/h9H,1-6,10H2,(H,11,14)(H,12,13). The van der Waals surface area contributed by atoms with Crippen molar-refractivity contribution in [3.63, 3.8) is 0 Å². The van der Waals surface area contributed by atoms with Crippen molar-refractivity contribution < 1.29 is 9.59 Å². The Morgan fingerprint density at radius 3 is 2.93 bits per heavy atom. The van der Waals surface area contributed by atoms with Crippen LogP contribution in [0.25, 0.3) is 0 Å². The molecular formula is C9H17N3O2S. The second-order valence-corrected chi connectivity index (χ2v) is 4.73. The van der Waals surface area contributed by atoms with Gasteiger partial charge >= 0.3 is 0 Å². The highest BCUT2D eigenvalue weighted by Crippen LogP contribution is 2.20. The Bertz CT molecular complexity index is 235. The van der Waals surface area contributed by atoms with E-state index < -0.39 is 0 Å². The van der Waals surface area contributed by atoms with Gasteiger partial charge in [-0.3, -0.25) is 15.0 Å². The maximum Gasteiger partial charge on any atom is 0.233 e. The van der Waals surface area contributed by atoms with E-state index in [9.17, 15) is 9.59 Å². The van der Waals surface area contributed by atoms with Crippen LogP contribution < -0.4 is 16.6 Å². The fourth-order valence-electron chi connectivity index (χ4n) is 1.46. The zero-order valence-corrected chi connectivity index (χ0v) is 9.44. The van der Waals surface area contributed by atoms with Crippen LogP contribution in [0.1, 0.15) is 32.1 Å². The van der Waals surface area contributed by atoms with Gasteiger partial charge in [-0.1, -0.05) is 12.8 Å². The van der Waals surface area contributed by atoms with E-state index in [1.807, 2.05) is 0 Å². The smallest absolute Gasteiger partial charge is 0.233 e. The van der Waals surface area contributed by atoms with Crippen LogP contribution in [0, 0.1) is 0 Å². The van der Waals surface area contributed by atoms with Crippen molar-refractivity contribution in [3.05, 3.63) is 0 Å². The van der Waals surface area contributed by atoms with Gasteiger partial charge in [0, 0.05) is 6.42 Å². The first kappa shape index (κ1) is 12.3. The number of hydrogen-bond acceptors (Lipinski definition) is 4. The average molecular weight is 231 g/mol. The van der Waals surface area contributed by atoms with E-state index in [0.29, 0.717) is 12.2 Å². The van der Waals surface area contributed by atoms with Crippen LogP contribution in [0.3, 0.4) is 0 Å². The summed E-state index contributed by atoms with van der Waals surface area (Å²) in [5.74, 6) is 5.55. The molecule has 0 bridgehead atoms. The molecule has 0 aliphatic carbocycles. The molecule has 0 aromatic carbocycles. The lowest BCUT2D eigenvalue weighted by Gasteiger charge is -2.07. The minimum Gasteiger partial charge on any atom is -0.344 e. The lowest BCUT2D eigenvalue weighted by molar-refractivity contribution is -0.121. The Labute approximate surface area is 93.5 Å². The monoisotopic (exact) mass is 231 g/mol. The summed E-state index contributed by atoms with van der Waals surface area (Å²) in [6.45, 7) is 0. The molecular weight excluding hydrogens is 214 g/mol. The summed E-state index contributed by atoms with van der Waals surface area (Å²) in [4.78, 5) is 21.6. The number of unbranched alkanes of at least 4 members (excludes halogenated alkanes) is 2. The van der Waals surface area contributed by atoms with Gasteiger partial charge in [0.05, 0.1) is 11.1 Å². The Balaban J connectivity index is 1.93. The zero-order chi connectivity index (χ0) is 11.1. The summed E-state index contributed by atoms with van der Waals surface area (Å²) in [7, 11) is 0. The maximum absolute atomic E-state index is 10.9. The van der Waals surface area contributed by atoms with Crippen LogP contribution in [0.5, 0.6) is 0 Å². The predicted octanol–water partition coefficient (Wildman–Crippen LogP) is 0.116. The molecule has 4 N–H and O–H groups in total. The Kier molecular flexibility index (Phi) is 5.49. The molecule has 0 aromatic heterocycles. The molecule has 86 valence electrons. The van der Waals surface area contributed by atoms with Crippen molar-refractivity contribution in [1.82, 2.24) is 10.7 Å². The number of nitrogens with two attached hydrogens (primary N) is 1. The number of rotatable bonds is 6. The molecule has 0 aromatic rings. The SMILES string of the molecule is NNC(=O)CCCCCC1NC(=O)CS1. The van der Waals surface area contributed by atoms with Crippen molar-refractivity contribution in [2.24, 2.45) is 5.84 Å². The highest BCUT2D eigenvalue weighted by Gasteiger charge is 2.20. The van der Waals surface area contributed by atoms with Crippen molar-refractivity contribution >= 4 is 23.6 Å². The first-order valence-electron chi connectivity index (χ1n) is 5.13. The van der Waals surface area contributed by atoms with Crippen LogP contribution >= 0.6 is 11.8 Å². The van der Waals surface area contributed by atoms with Gasteiger partial charge in [-0.25, -0.2) is 5.84 Å². The molecule has 5 nitrogen and oxygen atoms in total. The van der Waals surface area contributed by atoms with Crippen LogP contribution in [-0.2, 0) is 9.59 Å². The third kappa shape index (κ3) is 5.03. The summed E-state index contributed by atoms with van der Waals surface area (Å²) < 4.78 is 0. The van der Waals surface area contributed by atoms with Crippen LogP contribution in [-0.4, -0.2) is 22.9 Å². The molecule has 0 spiro atoms. The normalized spacial score (nSPS) is 20.1. The van der Waals surface area contributed by atoms with Gasteiger partial charge in [0.2, 0.25) is 11.8 Å². The molecule has 1 atom stereocenters. The van der Waals surface area contributed by atoms with Gasteiger partial charge in [0.25, 0.3) is 0 Å². The summed E-state index contributed by atoms with van der Waals surface area (Å²) in [6, 6.07) is 0. The Morgan fingerprint density at radius 2 is 2.33 bits per heavy atom. The zero-order valence-electron chi connectivity index (χ0n) is 8.62. The van der Waals surface area contributed by atoms with Crippen molar-refractivity contribution in [2.75, 3.05) is 5.75 Å². The maximum atomic E-state index is 10.9. The molecule has 0 radical (unpaired) electrons. The first-order valence-corrected chi connectivity index (χ1v) is 6.17. The fraction of sp³-hybridized carbons (Fsp3) is 0.778. The highest BCUT2D eigenvalue weighted by molar-refractivity contribution is 8.01. The van der Waals surface area contributed by atoms with Gasteiger partial charge in [-0.2, -0.15) is 0 Å². The Hall–Kier alpha value is -0.750. The van der Waals surface area contributed by atoms with Gasteiger partial charge in [-0.15, -0.1) is 11.8 Å². The molecule has 1 saturated heterocycles. The van der Waals surface area contributed by atoms with Crippen molar-refractivity contribution in [2.45, 2.75) is 37.5 Å². The van der Waals surface area contributed by atoms with Crippen molar-refractivity contribution in [3.8, 4) is 0 Å². The molecule has 6 heteroatoms. The molecule has 1 aliphatic heterocycles. The van der Waals surface area contributed by atoms with Gasteiger partial charge in [0.1, 0.15) is 0 Å². The number of hydrazine groups is 1. The molecule has 15 heavy (non-hydrogen) atoms. The molecule has 2 amide bonds. The minimum absolute atomic E-state index is 0.112. The number of carbonyl (C=O) groups excluding carboxylic acids is 2. The van der Waals surface area contributed by atoms with Gasteiger partial charge < -0.3 is 5.32 Å². The number of nitrogens with one attached hydrogen (secondary N) is 2. The van der Waals surface area contributed by atoms with Crippen LogP contribution in [0.2, 0.25) is 0 Å². The van der Waals surface area contributed by atoms with Crippen LogP contribution in [0.15, 0.2) is 0 Å². The molecule has 1 fully saturated rings. The van der Waals surface area contributed by atoms with E-state index in [-0.39, 0.29) is 17.2 Å². The Morgan fingerprint density at radius 1 is 1.53 bits per heavy atom. The molecule has 1 aliphatic rings. The number of carbonyl (C=O) groups is 2. The third-order valence-corrected chi connectivity index (χ3v) is 3.45. The minimum atomic E-state index is -0.112. The van der Waals surface area contributed by atoms with Crippen molar-refractivity contribution in [1.29, 1.82) is 0 Å². The van der Waals surface area contributed by atoms with Gasteiger partial charge in [0.15, 0.2) is 0 Å². The lowest BCUT2D eigenvalue weighted by Crippen LogP contribution is -2.29. The molecule has 0 saturated carbocycles. The van der Waals surface area contributed by atoms with E-state index in [1.165, 1.54) is 0 Å². The second kappa shape index (κ2) is 6.68. The molecule has 1 rings (SSSR count). The second-order valence-electron chi connectivity index (χ2n) is 3.53. The number of amides is 2. The molecule has 1 unspecified atom stereocenters. The molecule has 1 heterocycles. The van der Waals surface area contributed by atoms with Gasteiger partial charge in [-0.05, 0) is 12.8 Å². The predicted molar refractivity (Wildman–Crippen MR) is 59.8 cm³/mol. The van der Waals surface area contributed by atoms with E-state index in [2.05, 4.69) is 10.7 Å². The first-order chi connectivity index (χ1) is 7.22. The summed E-state index contributed by atoms with van der Waals surface area (Å²) in [6.07, 6.45) is 4.37. The highest BCUT2D eigenvalue weighted by atomic mass is 32.2. The van der Waals surface area contributed by atoms with E-state index in [0.717, 1.165) is 25.7 Å². The summed E-state index contributed by atoms with van der Waals surface area (Å²) in [5, 5.41) is 3.17. The topological polar surface area (TPSA) is 84.2 Å².